The third-order valence-corrected chi connectivity index (χ3v) is 4.28. The highest BCUT2D eigenvalue weighted by Crippen LogP contribution is 2.32. The number of thioether (sulfide) groups is 1. The lowest BCUT2D eigenvalue weighted by Crippen LogP contribution is -2.33. The highest BCUT2D eigenvalue weighted by Gasteiger charge is 2.36. The fraction of sp³-hybridized carbons (Fsp3) is 0.0556. The van der Waals surface area contributed by atoms with E-state index in [0.717, 1.165) is 22.2 Å². The highest BCUT2D eigenvalue weighted by molar-refractivity contribution is 8.18. The van der Waals surface area contributed by atoms with Crippen molar-refractivity contribution in [3.8, 4) is 0 Å². The number of amides is 2. The molecule has 0 atom stereocenters. The van der Waals surface area contributed by atoms with Gasteiger partial charge in [0.25, 0.3) is 11.1 Å². The predicted octanol–water partition coefficient (Wildman–Crippen LogP) is 3.61. The van der Waals surface area contributed by atoms with Gasteiger partial charge in [0.05, 0.1) is 11.4 Å². The van der Waals surface area contributed by atoms with Crippen LogP contribution < -0.4 is 0 Å². The molecule has 0 aliphatic carbocycles. The Morgan fingerprint density at radius 1 is 0.957 bits per heavy atom. The van der Waals surface area contributed by atoms with Crippen LogP contribution in [0, 0.1) is 0 Å². The molecule has 5 heteroatoms. The van der Waals surface area contributed by atoms with Crippen molar-refractivity contribution in [2.45, 2.75) is 0 Å². The van der Waals surface area contributed by atoms with Gasteiger partial charge in [-0.25, -0.2) is 0 Å². The number of Topliss-reactive ketones (excluding diaryl/α,β-unsaturated/α-hetero) is 1. The summed E-state index contributed by atoms with van der Waals surface area (Å²) in [7, 11) is 0. The summed E-state index contributed by atoms with van der Waals surface area (Å²) in [5.41, 5.74) is 1.32. The molecular formula is C18H13NO3S. The van der Waals surface area contributed by atoms with E-state index in [1.54, 1.807) is 36.4 Å². The number of carbonyl (C=O) groups excluding carboxylic acids is 3. The summed E-state index contributed by atoms with van der Waals surface area (Å²) in [6.07, 6.45) is 1.66. The largest absolute Gasteiger partial charge is 0.293 e. The van der Waals surface area contributed by atoms with Crippen LogP contribution in [0.25, 0.3) is 6.08 Å². The summed E-state index contributed by atoms with van der Waals surface area (Å²) in [4.78, 5) is 37.9. The maximum atomic E-state index is 12.4. The molecule has 114 valence electrons. The van der Waals surface area contributed by atoms with Crippen LogP contribution in [0.2, 0.25) is 0 Å². The zero-order valence-corrected chi connectivity index (χ0v) is 13.0. The molecule has 0 saturated carbocycles. The molecule has 1 heterocycles. The van der Waals surface area contributed by atoms with Gasteiger partial charge in [-0.15, -0.1) is 0 Å². The summed E-state index contributed by atoms with van der Waals surface area (Å²) in [6.45, 7) is -0.235. The lowest BCUT2D eigenvalue weighted by Gasteiger charge is -2.11. The summed E-state index contributed by atoms with van der Waals surface area (Å²) < 4.78 is 0. The van der Waals surface area contributed by atoms with E-state index >= 15 is 0 Å². The molecule has 2 amide bonds. The quantitative estimate of drug-likeness (QED) is 0.637. The molecule has 0 bridgehead atoms. The number of benzene rings is 2. The van der Waals surface area contributed by atoms with Crippen LogP contribution in [-0.2, 0) is 4.79 Å². The lowest BCUT2D eigenvalue weighted by atomic mass is 10.1. The smallest absolute Gasteiger partial charge is 0.292 e. The molecule has 2 aromatic rings. The van der Waals surface area contributed by atoms with E-state index in [2.05, 4.69) is 0 Å². The zero-order valence-electron chi connectivity index (χ0n) is 12.1. The van der Waals surface area contributed by atoms with E-state index in [4.69, 9.17) is 0 Å². The van der Waals surface area contributed by atoms with E-state index in [1.165, 1.54) is 0 Å². The van der Waals surface area contributed by atoms with Crippen molar-refractivity contribution in [2.24, 2.45) is 0 Å². The van der Waals surface area contributed by atoms with E-state index < -0.39 is 11.1 Å². The van der Waals surface area contributed by atoms with Crippen LogP contribution in [0.15, 0.2) is 65.6 Å². The molecule has 0 N–H and O–H groups in total. The fourth-order valence-corrected chi connectivity index (χ4v) is 3.03. The van der Waals surface area contributed by atoms with Gasteiger partial charge in [0.1, 0.15) is 0 Å². The first-order valence-electron chi connectivity index (χ1n) is 7.04. The molecular weight excluding hydrogens is 310 g/mol. The molecule has 1 aliphatic heterocycles. The van der Waals surface area contributed by atoms with E-state index in [9.17, 15) is 14.4 Å². The standard InChI is InChI=1S/C18H13NO3S/c20-15(14-9-5-2-6-10-14)12-19-17(21)16(23-18(19)22)11-13-7-3-1-4-8-13/h1-11H,12H2/b16-11-. The van der Waals surface area contributed by atoms with Crippen molar-refractivity contribution in [3.05, 3.63) is 76.7 Å². The first kappa shape index (κ1) is 15.2. The molecule has 0 unspecified atom stereocenters. The first-order chi connectivity index (χ1) is 11.1. The Bertz CT molecular complexity index is 784. The van der Waals surface area contributed by atoms with Crippen LogP contribution >= 0.6 is 11.8 Å². The van der Waals surface area contributed by atoms with Gasteiger partial charge in [-0.1, -0.05) is 60.7 Å². The minimum atomic E-state index is -0.423. The van der Waals surface area contributed by atoms with Gasteiger partial charge in [0.15, 0.2) is 5.78 Å². The van der Waals surface area contributed by atoms with Crippen molar-refractivity contribution in [1.82, 2.24) is 4.90 Å². The number of hydrogen-bond donors (Lipinski definition) is 0. The maximum absolute atomic E-state index is 12.4. The second kappa shape index (κ2) is 6.62. The first-order valence-corrected chi connectivity index (χ1v) is 7.85. The van der Waals surface area contributed by atoms with Crippen molar-refractivity contribution in [1.29, 1.82) is 0 Å². The Labute approximate surface area is 137 Å². The van der Waals surface area contributed by atoms with Crippen LogP contribution in [-0.4, -0.2) is 28.4 Å². The summed E-state index contributed by atoms with van der Waals surface area (Å²) in [6, 6.07) is 17.9. The van der Waals surface area contributed by atoms with Crippen molar-refractivity contribution >= 4 is 34.8 Å². The molecule has 0 radical (unpaired) electrons. The van der Waals surface area contributed by atoms with Gasteiger partial charge in [-0.05, 0) is 23.4 Å². The number of hydrogen-bond acceptors (Lipinski definition) is 4. The van der Waals surface area contributed by atoms with Crippen LogP contribution in [0.1, 0.15) is 15.9 Å². The number of carbonyl (C=O) groups is 3. The predicted molar refractivity (Wildman–Crippen MR) is 89.9 cm³/mol. The zero-order chi connectivity index (χ0) is 16.2. The fourth-order valence-electron chi connectivity index (χ4n) is 2.20. The van der Waals surface area contributed by atoms with Gasteiger partial charge in [0.2, 0.25) is 0 Å². The average Bonchev–Trinajstić information content (AvgIpc) is 2.84. The number of ketones is 1. The van der Waals surface area contributed by atoms with Crippen molar-refractivity contribution in [2.75, 3.05) is 6.54 Å². The summed E-state index contributed by atoms with van der Waals surface area (Å²) >= 11 is 0.860. The third kappa shape index (κ3) is 3.40. The lowest BCUT2D eigenvalue weighted by molar-refractivity contribution is -0.122. The van der Waals surface area contributed by atoms with Crippen molar-refractivity contribution < 1.29 is 14.4 Å². The van der Waals surface area contributed by atoms with E-state index in [-0.39, 0.29) is 12.3 Å². The Morgan fingerprint density at radius 2 is 1.57 bits per heavy atom. The van der Waals surface area contributed by atoms with Crippen LogP contribution in [0.3, 0.4) is 0 Å². The highest BCUT2D eigenvalue weighted by atomic mass is 32.2. The normalized spacial score (nSPS) is 16.2. The number of nitrogens with zero attached hydrogens (tertiary/aromatic N) is 1. The molecule has 3 rings (SSSR count). The van der Waals surface area contributed by atoms with Gasteiger partial charge in [-0.3, -0.25) is 19.3 Å². The Kier molecular flexibility index (Phi) is 4.39. The summed E-state index contributed by atoms with van der Waals surface area (Å²) in [5, 5.41) is -0.415. The van der Waals surface area contributed by atoms with Crippen LogP contribution in [0.4, 0.5) is 4.79 Å². The molecule has 0 aromatic heterocycles. The summed E-state index contributed by atoms with van der Waals surface area (Å²) in [5.74, 6) is -0.679. The Hall–Kier alpha value is -2.66. The van der Waals surface area contributed by atoms with Gasteiger partial charge in [0, 0.05) is 5.56 Å². The van der Waals surface area contributed by atoms with Crippen LogP contribution in [0.5, 0.6) is 0 Å². The molecule has 1 fully saturated rings. The molecule has 1 aliphatic rings. The van der Waals surface area contributed by atoms with Gasteiger partial charge >= 0.3 is 0 Å². The Balaban J connectivity index is 1.77. The van der Waals surface area contributed by atoms with Gasteiger partial charge < -0.3 is 0 Å². The average molecular weight is 323 g/mol. The minimum absolute atomic E-state index is 0.235. The minimum Gasteiger partial charge on any atom is -0.292 e. The second-order valence-electron chi connectivity index (χ2n) is 4.97. The van der Waals surface area contributed by atoms with E-state index in [0.29, 0.717) is 10.5 Å². The Morgan fingerprint density at radius 3 is 2.22 bits per heavy atom. The maximum Gasteiger partial charge on any atom is 0.293 e. The monoisotopic (exact) mass is 323 g/mol. The molecule has 1 saturated heterocycles. The number of imide groups is 1. The molecule has 0 spiro atoms. The SMILES string of the molecule is O=C(CN1C(=O)S/C(=C\c2ccccc2)C1=O)c1ccccc1. The molecule has 2 aromatic carbocycles. The topological polar surface area (TPSA) is 54.5 Å². The third-order valence-electron chi connectivity index (χ3n) is 3.37. The molecule has 4 nitrogen and oxygen atoms in total. The number of rotatable bonds is 4. The van der Waals surface area contributed by atoms with E-state index in [1.807, 2.05) is 30.3 Å². The van der Waals surface area contributed by atoms with Crippen molar-refractivity contribution in [3.63, 3.8) is 0 Å². The second-order valence-corrected chi connectivity index (χ2v) is 5.96. The molecule has 23 heavy (non-hydrogen) atoms. The van der Waals surface area contributed by atoms with Gasteiger partial charge in [-0.2, -0.15) is 0 Å².